The van der Waals surface area contributed by atoms with Crippen molar-refractivity contribution in [3.63, 3.8) is 0 Å². The summed E-state index contributed by atoms with van der Waals surface area (Å²) in [7, 11) is -4.35. The highest BCUT2D eigenvalue weighted by molar-refractivity contribution is 7.93. The molecule has 6 rings (SSSR count). The molecule has 0 saturated carbocycles. The molecule has 1 amide bonds. The predicted molar refractivity (Wildman–Crippen MR) is 164 cm³/mol. The van der Waals surface area contributed by atoms with Crippen molar-refractivity contribution in [2.75, 3.05) is 47.3 Å². The van der Waals surface area contributed by atoms with Crippen molar-refractivity contribution in [1.29, 1.82) is 5.26 Å². The summed E-state index contributed by atoms with van der Waals surface area (Å²) in [4.78, 5) is 21.5. The Balaban J connectivity index is 1.56. The van der Waals surface area contributed by atoms with Crippen LogP contribution in [0, 0.1) is 11.3 Å². The number of nitriles is 1. The van der Waals surface area contributed by atoms with E-state index in [0.29, 0.717) is 16.8 Å². The minimum Gasteiger partial charge on any atom is -0.478 e. The topological polar surface area (TPSA) is 128 Å². The van der Waals surface area contributed by atoms with Crippen molar-refractivity contribution in [3.8, 4) is 11.9 Å². The number of anilines is 3. The number of nitrogens with one attached hydrogen (secondary N) is 2. The number of fused-ring (bicyclic) bond motifs is 1. The lowest BCUT2D eigenvalue weighted by Gasteiger charge is -2.33. The summed E-state index contributed by atoms with van der Waals surface area (Å²) in [5, 5.41) is 16.6. The fourth-order valence-corrected chi connectivity index (χ4v) is 7.15. The highest BCUT2D eigenvalue weighted by Crippen LogP contribution is 2.50. The molecule has 0 bridgehead atoms. The smallest absolute Gasteiger partial charge is 0.276 e. The molecule has 1 atom stereocenters. The van der Waals surface area contributed by atoms with Crippen molar-refractivity contribution in [1.82, 2.24) is 10.3 Å². The average molecular weight is 595 g/mol. The van der Waals surface area contributed by atoms with Crippen LogP contribution in [-0.4, -0.2) is 52.1 Å². The van der Waals surface area contributed by atoms with Gasteiger partial charge in [-0.1, -0.05) is 18.2 Å². The van der Waals surface area contributed by atoms with Crippen LogP contribution in [0.5, 0.6) is 5.88 Å². The van der Waals surface area contributed by atoms with E-state index < -0.39 is 21.5 Å². The number of hydrogen-bond acceptors (Lipinski definition) is 9. The van der Waals surface area contributed by atoms with Crippen LogP contribution < -0.4 is 24.6 Å². The summed E-state index contributed by atoms with van der Waals surface area (Å²) in [5.74, 6) is -0.586. The molecule has 1 aromatic heterocycles. The maximum atomic E-state index is 14.9. The molecule has 3 aromatic carbocycles. The van der Waals surface area contributed by atoms with Crippen LogP contribution in [0.4, 0.5) is 17.1 Å². The van der Waals surface area contributed by atoms with Crippen LogP contribution in [0.15, 0.2) is 96.0 Å². The van der Waals surface area contributed by atoms with E-state index >= 15 is 0 Å². The Hall–Kier alpha value is -4.92. The van der Waals surface area contributed by atoms with E-state index in [4.69, 9.17) is 4.74 Å². The SMILES string of the molecule is CCOc1ncccc1C1(Nc2ccc(N3CCNCC3)cc2)C(=O)N(S(=O)(=O)c2ccccc2)c2ccc(C#N)cc21. The zero-order chi connectivity index (χ0) is 30.0. The van der Waals surface area contributed by atoms with Gasteiger partial charge in [-0.05, 0) is 73.7 Å². The van der Waals surface area contributed by atoms with Gasteiger partial charge in [0.2, 0.25) is 5.88 Å². The molecule has 11 heteroatoms. The Bertz CT molecular complexity index is 1800. The summed E-state index contributed by atoms with van der Waals surface area (Å²) >= 11 is 0. The van der Waals surface area contributed by atoms with Gasteiger partial charge in [0.05, 0.1) is 34.4 Å². The number of nitrogens with zero attached hydrogens (tertiary/aromatic N) is 4. The van der Waals surface area contributed by atoms with E-state index in [2.05, 4.69) is 26.6 Å². The lowest BCUT2D eigenvalue weighted by molar-refractivity contribution is -0.120. The van der Waals surface area contributed by atoms with E-state index in [1.54, 1.807) is 49.5 Å². The molecule has 1 saturated heterocycles. The van der Waals surface area contributed by atoms with Crippen LogP contribution in [0.3, 0.4) is 0 Å². The summed E-state index contributed by atoms with van der Waals surface area (Å²) in [6.07, 6.45) is 1.55. The number of hydrogen-bond donors (Lipinski definition) is 2. The summed E-state index contributed by atoms with van der Waals surface area (Å²) < 4.78 is 34.9. The Kier molecular flexibility index (Phi) is 7.48. The van der Waals surface area contributed by atoms with E-state index in [0.717, 1.165) is 36.2 Å². The summed E-state index contributed by atoms with van der Waals surface area (Å²) in [6.45, 7) is 5.60. The van der Waals surface area contributed by atoms with Gasteiger partial charge in [0, 0.05) is 49.3 Å². The molecule has 0 radical (unpaired) electrons. The molecule has 1 fully saturated rings. The van der Waals surface area contributed by atoms with E-state index in [9.17, 15) is 18.5 Å². The Morgan fingerprint density at radius 2 is 1.74 bits per heavy atom. The van der Waals surface area contributed by atoms with Gasteiger partial charge in [0.1, 0.15) is 0 Å². The lowest BCUT2D eigenvalue weighted by atomic mass is 9.83. The first kappa shape index (κ1) is 28.2. The maximum Gasteiger partial charge on any atom is 0.276 e. The first-order valence-corrected chi connectivity index (χ1v) is 15.5. The molecule has 218 valence electrons. The summed E-state index contributed by atoms with van der Waals surface area (Å²) in [6, 6.07) is 25.5. The standard InChI is InChI=1S/C32H30N6O4S/c1-2-42-30-27(9-6-16-35-30)32(36-24-11-13-25(14-12-24)37-19-17-34-18-20-37)28-21-23(22-33)10-15-29(28)38(31(32)39)43(40,41)26-7-4-3-5-8-26/h3-16,21,34,36H,2,17-20H2,1H3. The molecule has 2 aliphatic heterocycles. The van der Waals surface area contributed by atoms with Crippen molar-refractivity contribution < 1.29 is 17.9 Å². The molecule has 0 spiro atoms. The number of carbonyl (C=O) groups excluding carboxylic acids is 1. The van der Waals surface area contributed by atoms with Gasteiger partial charge in [0.15, 0.2) is 5.54 Å². The lowest BCUT2D eigenvalue weighted by Crippen LogP contribution is -2.49. The van der Waals surface area contributed by atoms with Crippen molar-refractivity contribution in [2.45, 2.75) is 17.4 Å². The van der Waals surface area contributed by atoms with Crippen LogP contribution in [0.25, 0.3) is 0 Å². The number of rotatable bonds is 8. The number of amides is 1. The normalized spacial score (nSPS) is 18.2. The van der Waals surface area contributed by atoms with Gasteiger partial charge in [-0.15, -0.1) is 0 Å². The highest BCUT2D eigenvalue weighted by atomic mass is 32.2. The van der Waals surface area contributed by atoms with E-state index in [1.807, 2.05) is 24.3 Å². The van der Waals surface area contributed by atoms with Crippen LogP contribution in [0.2, 0.25) is 0 Å². The monoisotopic (exact) mass is 594 g/mol. The third-order valence-corrected chi connectivity index (χ3v) is 9.38. The molecular formula is C32H30N6O4S. The van der Waals surface area contributed by atoms with Gasteiger partial charge in [0.25, 0.3) is 15.9 Å². The quantitative estimate of drug-likeness (QED) is 0.313. The molecule has 10 nitrogen and oxygen atoms in total. The molecule has 3 heterocycles. The Morgan fingerprint density at radius 3 is 2.44 bits per heavy atom. The van der Waals surface area contributed by atoms with Gasteiger partial charge < -0.3 is 20.3 Å². The predicted octanol–water partition coefficient (Wildman–Crippen LogP) is 3.85. The second kappa shape index (κ2) is 11.4. The number of aromatic nitrogens is 1. The molecule has 2 aliphatic rings. The first-order chi connectivity index (χ1) is 20.9. The number of piperazine rings is 1. The molecular weight excluding hydrogens is 564 g/mol. The molecule has 0 aliphatic carbocycles. The van der Waals surface area contributed by atoms with Crippen molar-refractivity contribution in [2.24, 2.45) is 0 Å². The van der Waals surface area contributed by atoms with Crippen LogP contribution >= 0.6 is 0 Å². The fourth-order valence-electron chi connectivity index (χ4n) is 5.67. The Morgan fingerprint density at radius 1 is 1.00 bits per heavy atom. The Labute approximate surface area is 250 Å². The number of sulfonamides is 1. The highest BCUT2D eigenvalue weighted by Gasteiger charge is 2.58. The molecule has 2 N–H and O–H groups in total. The van der Waals surface area contributed by atoms with Crippen LogP contribution in [0.1, 0.15) is 23.6 Å². The van der Waals surface area contributed by atoms with Gasteiger partial charge in [-0.25, -0.2) is 13.4 Å². The fraction of sp³-hybridized carbons (Fsp3) is 0.219. The number of pyridine rings is 1. The van der Waals surface area contributed by atoms with Gasteiger partial charge in [-0.3, -0.25) is 4.79 Å². The number of benzene rings is 3. The second-order valence-electron chi connectivity index (χ2n) is 10.2. The van der Waals surface area contributed by atoms with E-state index in [1.165, 1.54) is 24.3 Å². The largest absolute Gasteiger partial charge is 0.478 e. The van der Waals surface area contributed by atoms with Gasteiger partial charge >= 0.3 is 0 Å². The number of ether oxygens (including phenoxy) is 1. The van der Waals surface area contributed by atoms with Crippen LogP contribution in [-0.2, 0) is 20.4 Å². The van der Waals surface area contributed by atoms with Crippen molar-refractivity contribution in [3.05, 3.63) is 108 Å². The average Bonchev–Trinajstić information content (AvgIpc) is 3.30. The number of carbonyl (C=O) groups is 1. The van der Waals surface area contributed by atoms with Crippen molar-refractivity contribution >= 4 is 33.0 Å². The van der Waals surface area contributed by atoms with Gasteiger partial charge in [-0.2, -0.15) is 9.57 Å². The maximum absolute atomic E-state index is 14.9. The minimum atomic E-state index is -4.35. The zero-order valence-corrected chi connectivity index (χ0v) is 24.3. The summed E-state index contributed by atoms with van der Waals surface area (Å²) in [5.41, 5.74) is 0.865. The first-order valence-electron chi connectivity index (χ1n) is 14.0. The van der Waals surface area contributed by atoms with E-state index in [-0.39, 0.29) is 28.6 Å². The second-order valence-corrected chi connectivity index (χ2v) is 12.0. The molecule has 43 heavy (non-hydrogen) atoms. The third-order valence-electron chi connectivity index (χ3n) is 7.67. The molecule has 1 unspecified atom stereocenters. The minimum absolute atomic E-state index is 0.0361. The molecule has 4 aromatic rings. The zero-order valence-electron chi connectivity index (χ0n) is 23.5. The third kappa shape index (κ3) is 4.84.